The summed E-state index contributed by atoms with van der Waals surface area (Å²) < 4.78 is 5.74. The van der Waals surface area contributed by atoms with Crippen LogP contribution in [0.3, 0.4) is 0 Å². The number of hydrogen-bond acceptors (Lipinski definition) is 4. The van der Waals surface area contributed by atoms with Gasteiger partial charge >= 0.3 is 0 Å². The summed E-state index contributed by atoms with van der Waals surface area (Å²) in [6, 6.07) is 5.04. The van der Waals surface area contributed by atoms with Gasteiger partial charge in [-0.05, 0) is 44.9 Å². The second-order valence-corrected chi connectivity index (χ2v) is 6.91. The molecule has 0 spiro atoms. The molecule has 1 aromatic carbocycles. The van der Waals surface area contributed by atoms with Gasteiger partial charge in [-0.3, -0.25) is 9.59 Å². The molecule has 1 heterocycles. The van der Waals surface area contributed by atoms with Crippen LogP contribution < -0.4 is 15.8 Å². The third kappa shape index (κ3) is 6.04. The Balaban J connectivity index is 0.00000338. The first-order chi connectivity index (χ1) is 11.9. The predicted molar refractivity (Wildman–Crippen MR) is 105 cm³/mol. The molecule has 6 nitrogen and oxygen atoms in total. The van der Waals surface area contributed by atoms with Crippen LogP contribution in [0.2, 0.25) is 5.02 Å². The molecule has 0 saturated carbocycles. The number of carbonyl (C=O) groups is 2. The lowest BCUT2D eigenvalue weighted by molar-refractivity contribution is -0.126. The van der Waals surface area contributed by atoms with Gasteiger partial charge in [0.05, 0.1) is 17.6 Å². The molecule has 1 saturated heterocycles. The Kier molecular flexibility index (Phi) is 9.19. The van der Waals surface area contributed by atoms with Crippen LogP contribution in [-0.2, 0) is 4.79 Å². The summed E-state index contributed by atoms with van der Waals surface area (Å²) in [5.41, 5.74) is 5.86. The predicted octanol–water partition coefficient (Wildman–Crippen LogP) is 2.48. The third-order valence-corrected chi connectivity index (χ3v) is 4.29. The van der Waals surface area contributed by atoms with E-state index in [4.69, 9.17) is 22.1 Å². The molecule has 0 aliphatic carbocycles. The SMILES string of the molecule is CC(C)Oc1ccc(Cl)cc1C(=O)N1CCCC(C(=O)NCCN)C1.Cl. The van der Waals surface area contributed by atoms with Crippen molar-refractivity contribution in [3.05, 3.63) is 28.8 Å². The Labute approximate surface area is 165 Å². The van der Waals surface area contributed by atoms with Gasteiger partial charge in [-0.2, -0.15) is 0 Å². The molecule has 1 fully saturated rings. The highest BCUT2D eigenvalue weighted by Gasteiger charge is 2.30. The van der Waals surface area contributed by atoms with Gasteiger partial charge < -0.3 is 20.7 Å². The zero-order chi connectivity index (χ0) is 18.4. The minimum absolute atomic E-state index is 0. The van der Waals surface area contributed by atoms with E-state index in [0.717, 1.165) is 12.8 Å². The van der Waals surface area contributed by atoms with Crippen molar-refractivity contribution in [3.8, 4) is 5.75 Å². The molecule has 1 aliphatic rings. The zero-order valence-electron chi connectivity index (χ0n) is 15.2. The van der Waals surface area contributed by atoms with Crippen LogP contribution in [0.1, 0.15) is 37.0 Å². The second-order valence-electron chi connectivity index (χ2n) is 6.48. The van der Waals surface area contributed by atoms with Crippen LogP contribution in [0, 0.1) is 5.92 Å². The Bertz CT molecular complexity index is 626. The highest BCUT2D eigenvalue weighted by molar-refractivity contribution is 6.31. The number of ether oxygens (including phenoxy) is 1. The fraction of sp³-hybridized carbons (Fsp3) is 0.556. The van der Waals surface area contributed by atoms with E-state index in [1.165, 1.54) is 0 Å². The fourth-order valence-electron chi connectivity index (χ4n) is 2.91. The number of nitrogens with zero attached hydrogens (tertiary/aromatic N) is 1. The third-order valence-electron chi connectivity index (χ3n) is 4.06. The number of carbonyl (C=O) groups excluding carboxylic acids is 2. The van der Waals surface area contributed by atoms with E-state index in [2.05, 4.69) is 5.32 Å². The number of hydrogen-bond donors (Lipinski definition) is 2. The minimum Gasteiger partial charge on any atom is -0.490 e. The van der Waals surface area contributed by atoms with Crippen LogP contribution >= 0.6 is 24.0 Å². The zero-order valence-corrected chi connectivity index (χ0v) is 16.7. The van der Waals surface area contributed by atoms with Crippen LogP contribution in [0.25, 0.3) is 0 Å². The first-order valence-corrected chi connectivity index (χ1v) is 9.03. The van der Waals surface area contributed by atoms with Crippen LogP contribution in [0.5, 0.6) is 5.75 Å². The van der Waals surface area contributed by atoms with Gasteiger partial charge in [-0.25, -0.2) is 0 Å². The smallest absolute Gasteiger partial charge is 0.257 e. The Morgan fingerprint density at radius 3 is 2.81 bits per heavy atom. The van der Waals surface area contributed by atoms with Crippen molar-refractivity contribution in [2.75, 3.05) is 26.2 Å². The number of likely N-dealkylation sites (tertiary alicyclic amines) is 1. The molecule has 2 rings (SSSR count). The van der Waals surface area contributed by atoms with Gasteiger partial charge in [0.15, 0.2) is 0 Å². The van der Waals surface area contributed by atoms with Crippen molar-refractivity contribution in [2.24, 2.45) is 11.7 Å². The van der Waals surface area contributed by atoms with Gasteiger partial charge in [0.1, 0.15) is 5.75 Å². The molecule has 1 atom stereocenters. The molecule has 1 unspecified atom stereocenters. The molecule has 2 amide bonds. The van der Waals surface area contributed by atoms with Gasteiger partial charge in [0, 0.05) is 31.2 Å². The van der Waals surface area contributed by atoms with E-state index in [0.29, 0.717) is 42.5 Å². The normalized spacial score (nSPS) is 16.8. The largest absolute Gasteiger partial charge is 0.490 e. The summed E-state index contributed by atoms with van der Waals surface area (Å²) in [6.07, 6.45) is 1.50. The topological polar surface area (TPSA) is 84.7 Å². The van der Waals surface area contributed by atoms with Crippen molar-refractivity contribution >= 4 is 35.8 Å². The molecule has 1 aromatic rings. The van der Waals surface area contributed by atoms with Crippen molar-refractivity contribution < 1.29 is 14.3 Å². The summed E-state index contributed by atoms with van der Waals surface area (Å²) in [5.74, 6) is 0.0965. The summed E-state index contributed by atoms with van der Waals surface area (Å²) in [4.78, 5) is 26.9. The quantitative estimate of drug-likeness (QED) is 0.763. The highest BCUT2D eigenvalue weighted by atomic mass is 35.5. The molecule has 8 heteroatoms. The molecule has 3 N–H and O–H groups in total. The lowest BCUT2D eigenvalue weighted by Gasteiger charge is -2.32. The number of nitrogens with one attached hydrogen (secondary N) is 1. The number of piperidine rings is 1. The Morgan fingerprint density at radius 2 is 2.15 bits per heavy atom. The van der Waals surface area contributed by atoms with E-state index in [1.807, 2.05) is 13.8 Å². The number of benzene rings is 1. The standard InChI is InChI=1S/C18H26ClN3O3.ClH/c1-12(2)25-16-6-5-14(19)10-15(16)18(24)22-9-3-4-13(11-22)17(23)21-8-7-20;/h5-6,10,12-13H,3-4,7-9,11,20H2,1-2H3,(H,21,23);1H. The maximum Gasteiger partial charge on any atom is 0.257 e. The monoisotopic (exact) mass is 403 g/mol. The fourth-order valence-corrected chi connectivity index (χ4v) is 3.08. The van der Waals surface area contributed by atoms with Crippen molar-refractivity contribution in [3.63, 3.8) is 0 Å². The lowest BCUT2D eigenvalue weighted by Crippen LogP contribution is -2.46. The van der Waals surface area contributed by atoms with Gasteiger partial charge in [-0.1, -0.05) is 11.6 Å². The number of amides is 2. The first kappa shape index (κ1) is 22.5. The van der Waals surface area contributed by atoms with Gasteiger partial charge in [-0.15, -0.1) is 12.4 Å². The molecular weight excluding hydrogens is 377 g/mol. The molecular formula is C18H27Cl2N3O3. The second kappa shape index (κ2) is 10.6. The summed E-state index contributed by atoms with van der Waals surface area (Å²) in [5, 5.41) is 3.28. The summed E-state index contributed by atoms with van der Waals surface area (Å²) in [7, 11) is 0. The number of halogens is 2. The van der Waals surface area contributed by atoms with E-state index >= 15 is 0 Å². The summed E-state index contributed by atoms with van der Waals surface area (Å²) in [6.45, 7) is 5.67. The molecule has 1 aliphatic heterocycles. The molecule has 0 aromatic heterocycles. The average molecular weight is 404 g/mol. The Morgan fingerprint density at radius 1 is 1.42 bits per heavy atom. The minimum atomic E-state index is -0.210. The maximum atomic E-state index is 13.0. The highest BCUT2D eigenvalue weighted by Crippen LogP contribution is 2.27. The number of rotatable bonds is 6. The van der Waals surface area contributed by atoms with E-state index in [1.54, 1.807) is 23.1 Å². The van der Waals surface area contributed by atoms with E-state index in [-0.39, 0.29) is 36.2 Å². The molecule has 0 radical (unpaired) electrons. The molecule has 146 valence electrons. The molecule has 0 bridgehead atoms. The maximum absolute atomic E-state index is 13.0. The lowest BCUT2D eigenvalue weighted by atomic mass is 9.96. The van der Waals surface area contributed by atoms with Crippen molar-refractivity contribution in [2.45, 2.75) is 32.8 Å². The van der Waals surface area contributed by atoms with Gasteiger partial charge in [0.2, 0.25) is 5.91 Å². The Hall–Kier alpha value is -1.50. The van der Waals surface area contributed by atoms with Crippen molar-refractivity contribution in [1.82, 2.24) is 10.2 Å². The average Bonchev–Trinajstić information content (AvgIpc) is 2.60. The number of nitrogens with two attached hydrogens (primary N) is 1. The van der Waals surface area contributed by atoms with Crippen LogP contribution in [-0.4, -0.2) is 49.0 Å². The van der Waals surface area contributed by atoms with E-state index in [9.17, 15) is 9.59 Å². The summed E-state index contributed by atoms with van der Waals surface area (Å²) >= 11 is 6.07. The first-order valence-electron chi connectivity index (χ1n) is 8.65. The van der Waals surface area contributed by atoms with E-state index < -0.39 is 0 Å². The molecule has 26 heavy (non-hydrogen) atoms. The van der Waals surface area contributed by atoms with Gasteiger partial charge in [0.25, 0.3) is 5.91 Å². The van der Waals surface area contributed by atoms with Crippen LogP contribution in [0.15, 0.2) is 18.2 Å². The van der Waals surface area contributed by atoms with Crippen LogP contribution in [0.4, 0.5) is 0 Å². The van der Waals surface area contributed by atoms with Crippen molar-refractivity contribution in [1.29, 1.82) is 0 Å².